The van der Waals surface area contributed by atoms with Gasteiger partial charge >= 0.3 is 0 Å². The number of carbonyl (C=O) groups is 2. The van der Waals surface area contributed by atoms with E-state index in [1.807, 2.05) is 0 Å². The molecule has 3 heterocycles. The standard InChI is InChI=1S/C24H28N2O6S/c1-30-16-6-7-18(31-2)17(15-16)21-20(22(27)19-5-3-14-33-19)23(28)24(29)26(21)9-4-8-25-10-12-32-13-11-25/h3,5-7,14-15,21,28H,4,8-13H2,1-2H3/t21-/m0/s1. The first-order chi connectivity index (χ1) is 16.0. The van der Waals surface area contributed by atoms with Gasteiger partial charge in [-0.25, -0.2) is 0 Å². The second-order valence-electron chi connectivity index (χ2n) is 7.89. The molecule has 33 heavy (non-hydrogen) atoms. The van der Waals surface area contributed by atoms with E-state index < -0.39 is 17.7 Å². The SMILES string of the molecule is COc1ccc(OC)c([C@H]2C(C(=O)c3cccs3)=C(O)C(=O)N2CCCN2CCOCC2)c1. The van der Waals surface area contributed by atoms with E-state index in [2.05, 4.69) is 4.90 Å². The van der Waals surface area contributed by atoms with E-state index in [0.717, 1.165) is 19.6 Å². The van der Waals surface area contributed by atoms with Crippen LogP contribution < -0.4 is 9.47 Å². The fraction of sp³-hybridized carbons (Fsp3) is 0.417. The Morgan fingerprint density at radius 1 is 1.18 bits per heavy atom. The molecule has 1 atom stereocenters. The highest BCUT2D eigenvalue weighted by Gasteiger charge is 2.45. The quantitative estimate of drug-likeness (QED) is 0.561. The van der Waals surface area contributed by atoms with Crippen LogP contribution in [0.25, 0.3) is 0 Å². The van der Waals surface area contributed by atoms with Gasteiger partial charge in [0.1, 0.15) is 11.5 Å². The second kappa shape index (κ2) is 10.4. The van der Waals surface area contributed by atoms with E-state index in [0.29, 0.717) is 48.1 Å². The summed E-state index contributed by atoms with van der Waals surface area (Å²) < 4.78 is 16.4. The highest BCUT2D eigenvalue weighted by molar-refractivity contribution is 7.12. The van der Waals surface area contributed by atoms with Crippen LogP contribution in [0.15, 0.2) is 47.0 Å². The molecule has 1 fully saturated rings. The number of hydrogen-bond donors (Lipinski definition) is 1. The van der Waals surface area contributed by atoms with Crippen LogP contribution in [0.2, 0.25) is 0 Å². The number of ether oxygens (including phenoxy) is 3. The van der Waals surface area contributed by atoms with Gasteiger partial charge in [-0.05, 0) is 36.1 Å². The zero-order chi connectivity index (χ0) is 23.4. The number of Topliss-reactive ketones (excluding diaryl/α,β-unsaturated/α-hetero) is 1. The van der Waals surface area contributed by atoms with Crippen molar-refractivity contribution in [1.29, 1.82) is 0 Å². The molecule has 1 saturated heterocycles. The number of methoxy groups -OCH3 is 2. The molecular weight excluding hydrogens is 444 g/mol. The Bertz CT molecular complexity index is 1030. The molecular formula is C24H28N2O6S. The summed E-state index contributed by atoms with van der Waals surface area (Å²) in [5.74, 6) is -0.332. The van der Waals surface area contributed by atoms with Crippen LogP contribution in [-0.4, -0.2) is 80.2 Å². The first-order valence-electron chi connectivity index (χ1n) is 10.9. The van der Waals surface area contributed by atoms with Crippen LogP contribution in [0.3, 0.4) is 0 Å². The molecule has 1 aromatic heterocycles. The third kappa shape index (κ3) is 4.75. The molecule has 0 unspecified atom stereocenters. The number of hydrogen-bond acceptors (Lipinski definition) is 8. The van der Waals surface area contributed by atoms with Gasteiger partial charge < -0.3 is 24.2 Å². The van der Waals surface area contributed by atoms with Gasteiger partial charge in [-0.1, -0.05) is 6.07 Å². The fourth-order valence-electron chi connectivity index (χ4n) is 4.32. The first kappa shape index (κ1) is 23.3. The number of aliphatic hydroxyl groups is 1. The Kier molecular flexibility index (Phi) is 7.32. The highest BCUT2D eigenvalue weighted by Crippen LogP contribution is 2.44. The van der Waals surface area contributed by atoms with Crippen LogP contribution in [0.5, 0.6) is 11.5 Å². The van der Waals surface area contributed by atoms with Gasteiger partial charge in [0.05, 0.1) is 43.9 Å². The monoisotopic (exact) mass is 472 g/mol. The summed E-state index contributed by atoms with van der Waals surface area (Å²) in [6.07, 6.45) is 0.697. The number of benzene rings is 1. The molecule has 2 aromatic rings. The Hall–Kier alpha value is -2.88. The molecule has 2 aliphatic heterocycles. The van der Waals surface area contributed by atoms with E-state index in [-0.39, 0.29) is 11.4 Å². The van der Waals surface area contributed by atoms with E-state index >= 15 is 0 Å². The lowest BCUT2D eigenvalue weighted by Gasteiger charge is -2.30. The zero-order valence-corrected chi connectivity index (χ0v) is 19.6. The molecule has 0 aliphatic carbocycles. The van der Waals surface area contributed by atoms with Crippen molar-refractivity contribution in [1.82, 2.24) is 9.80 Å². The maximum Gasteiger partial charge on any atom is 0.290 e. The topological polar surface area (TPSA) is 88.5 Å². The molecule has 176 valence electrons. The molecule has 4 rings (SSSR count). The Balaban J connectivity index is 1.68. The lowest BCUT2D eigenvalue weighted by Crippen LogP contribution is -2.39. The number of ketones is 1. The average Bonchev–Trinajstić information content (AvgIpc) is 3.47. The highest BCUT2D eigenvalue weighted by atomic mass is 32.1. The number of morpholine rings is 1. The van der Waals surface area contributed by atoms with E-state index in [9.17, 15) is 14.7 Å². The van der Waals surface area contributed by atoms with Gasteiger partial charge in [0.15, 0.2) is 5.76 Å². The summed E-state index contributed by atoms with van der Waals surface area (Å²) in [6, 6.07) is 7.94. The molecule has 0 bridgehead atoms. The molecule has 9 heteroatoms. The number of rotatable bonds is 9. The van der Waals surface area contributed by atoms with Gasteiger partial charge in [0, 0.05) is 31.7 Å². The van der Waals surface area contributed by atoms with Gasteiger partial charge in [-0.3, -0.25) is 14.5 Å². The van der Waals surface area contributed by atoms with Crippen LogP contribution >= 0.6 is 11.3 Å². The molecule has 1 amide bonds. The Morgan fingerprint density at radius 3 is 2.64 bits per heavy atom. The largest absolute Gasteiger partial charge is 0.503 e. The lowest BCUT2D eigenvalue weighted by atomic mass is 9.94. The molecule has 1 aromatic carbocycles. The first-order valence-corrected chi connectivity index (χ1v) is 11.8. The van der Waals surface area contributed by atoms with Crippen molar-refractivity contribution in [3.63, 3.8) is 0 Å². The summed E-state index contributed by atoms with van der Waals surface area (Å²) in [6.45, 7) is 4.29. The van der Waals surface area contributed by atoms with E-state index in [4.69, 9.17) is 14.2 Å². The van der Waals surface area contributed by atoms with Gasteiger partial charge in [0.2, 0.25) is 5.78 Å². The Morgan fingerprint density at radius 2 is 1.97 bits per heavy atom. The Labute approximate surface area is 197 Å². The van der Waals surface area contributed by atoms with Crippen molar-refractivity contribution >= 4 is 23.0 Å². The number of thiophene rings is 1. The van der Waals surface area contributed by atoms with Crippen molar-refractivity contribution in [2.75, 3.05) is 53.6 Å². The zero-order valence-electron chi connectivity index (χ0n) is 18.8. The molecule has 1 N–H and O–H groups in total. The summed E-state index contributed by atoms with van der Waals surface area (Å²) >= 11 is 1.27. The third-order valence-electron chi connectivity index (χ3n) is 6.00. The third-order valence-corrected chi connectivity index (χ3v) is 6.87. The number of carbonyl (C=O) groups excluding carboxylic acids is 2. The smallest absolute Gasteiger partial charge is 0.290 e. The number of amides is 1. The summed E-state index contributed by atoms with van der Waals surface area (Å²) in [5.41, 5.74) is 0.668. The van der Waals surface area contributed by atoms with Crippen molar-refractivity contribution in [3.05, 3.63) is 57.5 Å². The summed E-state index contributed by atoms with van der Waals surface area (Å²) in [4.78, 5) is 30.9. The molecule has 0 spiro atoms. The van der Waals surface area contributed by atoms with Crippen molar-refractivity contribution < 1.29 is 28.9 Å². The summed E-state index contributed by atoms with van der Waals surface area (Å²) in [7, 11) is 3.09. The summed E-state index contributed by atoms with van der Waals surface area (Å²) in [5, 5.41) is 12.6. The number of nitrogens with zero attached hydrogens (tertiary/aromatic N) is 2. The minimum atomic E-state index is -0.776. The molecule has 2 aliphatic rings. The van der Waals surface area contributed by atoms with Crippen molar-refractivity contribution in [3.8, 4) is 11.5 Å². The minimum Gasteiger partial charge on any atom is -0.503 e. The predicted molar refractivity (Wildman–Crippen MR) is 124 cm³/mol. The van der Waals surface area contributed by atoms with Gasteiger partial charge in [-0.15, -0.1) is 11.3 Å². The van der Waals surface area contributed by atoms with Crippen LogP contribution in [0.4, 0.5) is 0 Å². The van der Waals surface area contributed by atoms with Gasteiger partial charge in [-0.2, -0.15) is 0 Å². The fourth-order valence-corrected chi connectivity index (χ4v) is 5.00. The predicted octanol–water partition coefficient (Wildman–Crippen LogP) is 3.07. The van der Waals surface area contributed by atoms with Crippen molar-refractivity contribution in [2.24, 2.45) is 0 Å². The van der Waals surface area contributed by atoms with Gasteiger partial charge in [0.25, 0.3) is 5.91 Å². The maximum absolute atomic E-state index is 13.4. The second-order valence-corrected chi connectivity index (χ2v) is 8.83. The van der Waals surface area contributed by atoms with Crippen LogP contribution in [0.1, 0.15) is 27.7 Å². The molecule has 8 nitrogen and oxygen atoms in total. The minimum absolute atomic E-state index is 0.0698. The molecule has 0 saturated carbocycles. The lowest BCUT2D eigenvalue weighted by molar-refractivity contribution is -0.129. The number of aliphatic hydroxyl groups excluding tert-OH is 1. The van der Waals surface area contributed by atoms with Crippen LogP contribution in [0, 0.1) is 0 Å². The normalized spacial score (nSPS) is 19.3. The van der Waals surface area contributed by atoms with E-state index in [1.54, 1.807) is 47.7 Å². The van der Waals surface area contributed by atoms with E-state index in [1.165, 1.54) is 18.4 Å². The maximum atomic E-state index is 13.4. The molecule has 0 radical (unpaired) electrons. The van der Waals surface area contributed by atoms with Crippen molar-refractivity contribution in [2.45, 2.75) is 12.5 Å². The average molecular weight is 473 g/mol. The van der Waals surface area contributed by atoms with Crippen LogP contribution in [-0.2, 0) is 9.53 Å².